The number of rotatable bonds is 5. The first-order chi connectivity index (χ1) is 14.3. The Bertz CT molecular complexity index is 897. The molecule has 1 N–H and O–H groups in total. The second-order valence-electron chi connectivity index (χ2n) is 7.74. The number of hydrogen-bond acceptors (Lipinski definition) is 3. The van der Waals surface area contributed by atoms with Crippen LogP contribution in [-0.2, 0) is 9.59 Å². The summed E-state index contributed by atoms with van der Waals surface area (Å²) in [6.45, 7) is 5.00. The average molecular weight is 449 g/mol. The van der Waals surface area contributed by atoms with E-state index in [1.165, 1.54) is 0 Å². The molecule has 3 rings (SSSR count). The van der Waals surface area contributed by atoms with Crippen LogP contribution in [0.3, 0.4) is 0 Å². The van der Waals surface area contributed by atoms with Crippen LogP contribution in [0.15, 0.2) is 58.3 Å². The Labute approximate surface area is 187 Å². The molecule has 1 heterocycles. The predicted octanol–water partition coefficient (Wildman–Crippen LogP) is 5.43. The summed E-state index contributed by atoms with van der Waals surface area (Å²) in [4.78, 5) is 26.8. The van der Waals surface area contributed by atoms with Crippen molar-refractivity contribution in [2.75, 3.05) is 18.4 Å². The summed E-state index contributed by atoms with van der Waals surface area (Å²) >= 11 is 12.4. The number of para-hydroxylation sites is 2. The summed E-state index contributed by atoms with van der Waals surface area (Å²) < 4.78 is 5.99. The van der Waals surface area contributed by atoms with Gasteiger partial charge in [-0.15, -0.1) is 0 Å². The number of carbonyl (C=O) groups is 2. The Balaban J connectivity index is 1.65. The lowest BCUT2D eigenvalue weighted by Gasteiger charge is -2.32. The largest absolute Gasteiger partial charge is 0.454 e. The first kappa shape index (κ1) is 22.4. The van der Waals surface area contributed by atoms with Gasteiger partial charge in [0.05, 0.1) is 10.7 Å². The molecular weight excluding hydrogens is 423 g/mol. The maximum absolute atomic E-state index is 12.8. The second kappa shape index (κ2) is 10.2. The SMILES string of the molecule is CC(C)C(=O)N1CCC(C(=O)Nc2ccccc2OC2=C(Cl)CC=C(Cl)C=C2)CC1. The Morgan fingerprint density at radius 2 is 1.83 bits per heavy atom. The number of piperidine rings is 1. The molecule has 0 atom stereocenters. The molecule has 0 spiro atoms. The average Bonchev–Trinajstić information content (AvgIpc) is 2.90. The molecule has 0 saturated carbocycles. The fraction of sp³-hybridized carbons (Fsp3) is 0.391. The summed E-state index contributed by atoms with van der Waals surface area (Å²) in [5.41, 5.74) is 0.580. The van der Waals surface area contributed by atoms with Crippen molar-refractivity contribution in [3.63, 3.8) is 0 Å². The molecule has 2 aliphatic rings. The molecule has 0 bridgehead atoms. The van der Waals surface area contributed by atoms with E-state index >= 15 is 0 Å². The van der Waals surface area contributed by atoms with E-state index in [2.05, 4.69) is 5.32 Å². The van der Waals surface area contributed by atoms with Gasteiger partial charge in [0.15, 0.2) is 5.75 Å². The number of benzene rings is 1. The van der Waals surface area contributed by atoms with Gasteiger partial charge < -0.3 is 15.0 Å². The van der Waals surface area contributed by atoms with E-state index in [1.54, 1.807) is 30.4 Å². The van der Waals surface area contributed by atoms with Crippen LogP contribution in [0, 0.1) is 11.8 Å². The van der Waals surface area contributed by atoms with Crippen LogP contribution in [0.5, 0.6) is 5.75 Å². The maximum Gasteiger partial charge on any atom is 0.227 e. The highest BCUT2D eigenvalue weighted by molar-refractivity contribution is 6.32. The number of carbonyl (C=O) groups excluding carboxylic acids is 2. The zero-order valence-electron chi connectivity index (χ0n) is 17.2. The number of hydrogen-bond donors (Lipinski definition) is 1. The molecule has 2 amide bonds. The van der Waals surface area contributed by atoms with Crippen LogP contribution in [-0.4, -0.2) is 29.8 Å². The van der Waals surface area contributed by atoms with Crippen molar-refractivity contribution in [1.29, 1.82) is 0 Å². The lowest BCUT2D eigenvalue weighted by atomic mass is 9.95. The molecule has 0 unspecified atom stereocenters. The van der Waals surface area contributed by atoms with Gasteiger partial charge in [-0.2, -0.15) is 0 Å². The number of nitrogens with one attached hydrogen (secondary N) is 1. The number of amides is 2. The van der Waals surface area contributed by atoms with E-state index in [4.69, 9.17) is 27.9 Å². The lowest BCUT2D eigenvalue weighted by Crippen LogP contribution is -2.43. The highest BCUT2D eigenvalue weighted by Gasteiger charge is 2.28. The number of anilines is 1. The lowest BCUT2D eigenvalue weighted by molar-refractivity contribution is -0.137. The molecule has 1 aromatic rings. The molecule has 1 saturated heterocycles. The van der Waals surface area contributed by atoms with E-state index in [-0.39, 0.29) is 23.7 Å². The summed E-state index contributed by atoms with van der Waals surface area (Å²) in [5, 5.41) is 4.11. The van der Waals surface area contributed by atoms with E-state index in [9.17, 15) is 9.59 Å². The third kappa shape index (κ3) is 5.67. The van der Waals surface area contributed by atoms with Crippen molar-refractivity contribution in [2.24, 2.45) is 11.8 Å². The third-order valence-corrected chi connectivity index (χ3v) is 5.79. The molecule has 1 aliphatic carbocycles. The first-order valence-electron chi connectivity index (χ1n) is 10.1. The van der Waals surface area contributed by atoms with Crippen LogP contribution < -0.4 is 10.1 Å². The first-order valence-corrected chi connectivity index (χ1v) is 10.9. The predicted molar refractivity (Wildman–Crippen MR) is 120 cm³/mol. The normalized spacial score (nSPS) is 17.6. The van der Waals surface area contributed by atoms with Crippen molar-refractivity contribution in [2.45, 2.75) is 33.1 Å². The molecule has 1 fully saturated rings. The Morgan fingerprint density at radius 1 is 1.13 bits per heavy atom. The highest BCUT2D eigenvalue weighted by atomic mass is 35.5. The molecule has 160 valence electrons. The minimum Gasteiger partial charge on any atom is -0.454 e. The third-order valence-electron chi connectivity index (χ3n) is 5.17. The van der Waals surface area contributed by atoms with Crippen LogP contribution in [0.4, 0.5) is 5.69 Å². The van der Waals surface area contributed by atoms with Gasteiger partial charge in [0.25, 0.3) is 0 Å². The fourth-order valence-corrected chi connectivity index (χ4v) is 3.75. The Hall–Kier alpha value is -2.24. The summed E-state index contributed by atoms with van der Waals surface area (Å²) in [6, 6.07) is 7.25. The van der Waals surface area contributed by atoms with E-state index in [0.29, 0.717) is 59.6 Å². The van der Waals surface area contributed by atoms with Gasteiger partial charge in [0.1, 0.15) is 5.76 Å². The zero-order valence-corrected chi connectivity index (χ0v) is 18.7. The zero-order chi connectivity index (χ0) is 21.7. The summed E-state index contributed by atoms with van der Waals surface area (Å²) in [7, 11) is 0. The van der Waals surface area contributed by atoms with Crippen LogP contribution in [0.1, 0.15) is 33.1 Å². The molecule has 1 aromatic carbocycles. The number of halogens is 2. The Morgan fingerprint density at radius 3 is 2.53 bits per heavy atom. The molecule has 0 aromatic heterocycles. The molecule has 0 radical (unpaired) electrons. The quantitative estimate of drug-likeness (QED) is 0.652. The number of allylic oxidation sites excluding steroid dienone is 5. The number of ether oxygens (including phenoxy) is 1. The molecule has 5 nitrogen and oxygen atoms in total. The number of nitrogens with zero attached hydrogens (tertiary/aromatic N) is 1. The van der Waals surface area contributed by atoms with Gasteiger partial charge in [-0.3, -0.25) is 9.59 Å². The smallest absolute Gasteiger partial charge is 0.227 e. The summed E-state index contributed by atoms with van der Waals surface area (Å²) in [5.74, 6) is 0.911. The topological polar surface area (TPSA) is 58.6 Å². The van der Waals surface area contributed by atoms with Crippen molar-refractivity contribution in [1.82, 2.24) is 4.90 Å². The Kier molecular flexibility index (Phi) is 7.62. The van der Waals surface area contributed by atoms with Gasteiger partial charge in [-0.05, 0) is 37.1 Å². The molecule has 1 aliphatic heterocycles. The molecule has 30 heavy (non-hydrogen) atoms. The minimum atomic E-state index is -0.141. The van der Waals surface area contributed by atoms with Gasteiger partial charge in [-0.1, -0.05) is 55.3 Å². The highest BCUT2D eigenvalue weighted by Crippen LogP contribution is 2.31. The van der Waals surface area contributed by atoms with Gasteiger partial charge >= 0.3 is 0 Å². The fourth-order valence-electron chi connectivity index (χ4n) is 3.43. The minimum absolute atomic E-state index is 0.0244. The molecular formula is C23H26Cl2N2O3. The van der Waals surface area contributed by atoms with Crippen LogP contribution in [0.25, 0.3) is 0 Å². The van der Waals surface area contributed by atoms with Crippen molar-refractivity contribution in [3.8, 4) is 5.75 Å². The van der Waals surface area contributed by atoms with Gasteiger partial charge in [-0.25, -0.2) is 0 Å². The van der Waals surface area contributed by atoms with Crippen molar-refractivity contribution >= 4 is 40.7 Å². The van der Waals surface area contributed by atoms with E-state index in [1.807, 2.05) is 30.9 Å². The van der Waals surface area contributed by atoms with E-state index < -0.39 is 0 Å². The monoisotopic (exact) mass is 448 g/mol. The van der Waals surface area contributed by atoms with Crippen LogP contribution in [0.2, 0.25) is 0 Å². The van der Waals surface area contributed by atoms with Gasteiger partial charge in [0.2, 0.25) is 11.8 Å². The van der Waals surface area contributed by atoms with E-state index in [0.717, 1.165) is 0 Å². The van der Waals surface area contributed by atoms with Crippen molar-refractivity contribution < 1.29 is 14.3 Å². The molecule has 7 heteroatoms. The van der Waals surface area contributed by atoms with Gasteiger partial charge in [0, 0.05) is 36.4 Å². The number of likely N-dealkylation sites (tertiary alicyclic amines) is 1. The second-order valence-corrected chi connectivity index (χ2v) is 8.63. The van der Waals surface area contributed by atoms with Crippen LogP contribution >= 0.6 is 23.2 Å². The standard InChI is InChI=1S/C23H26Cl2N2O3/c1-15(2)23(29)27-13-11-16(12-14-27)22(28)26-19-5-3-4-6-21(19)30-20-10-8-17(24)7-9-18(20)25/h3-8,10,15-16H,9,11-14H2,1-2H3,(H,26,28). The summed E-state index contributed by atoms with van der Waals surface area (Å²) in [6.07, 6.45) is 7.02. The maximum atomic E-state index is 12.8. The van der Waals surface area contributed by atoms with Crippen molar-refractivity contribution in [3.05, 3.63) is 58.3 Å².